The summed E-state index contributed by atoms with van der Waals surface area (Å²) < 4.78 is 5.25. The Morgan fingerprint density at radius 2 is 2.17 bits per heavy atom. The lowest BCUT2D eigenvalue weighted by Gasteiger charge is -1.95. The first-order valence-corrected chi connectivity index (χ1v) is 3.67. The molecule has 0 N–H and O–H groups in total. The standard InChI is InChI=1S/C10H7NO/c1-7-3-4-9(11-2)8-5-6-12-10(7)8/h3-6H,1H3. The summed E-state index contributed by atoms with van der Waals surface area (Å²) in [5.74, 6) is 0. The Morgan fingerprint density at radius 3 is 2.92 bits per heavy atom. The zero-order valence-corrected chi connectivity index (χ0v) is 6.66. The summed E-state index contributed by atoms with van der Waals surface area (Å²) in [5, 5.41) is 0.907. The second-order valence-corrected chi connectivity index (χ2v) is 2.68. The van der Waals surface area contributed by atoms with Crippen LogP contribution in [-0.2, 0) is 0 Å². The summed E-state index contributed by atoms with van der Waals surface area (Å²) >= 11 is 0. The lowest BCUT2D eigenvalue weighted by molar-refractivity contribution is 0.613. The van der Waals surface area contributed by atoms with Crippen molar-refractivity contribution >= 4 is 16.7 Å². The highest BCUT2D eigenvalue weighted by atomic mass is 16.3. The third kappa shape index (κ3) is 0.802. The van der Waals surface area contributed by atoms with Crippen LogP contribution in [0.3, 0.4) is 0 Å². The smallest absolute Gasteiger partial charge is 0.198 e. The fourth-order valence-electron chi connectivity index (χ4n) is 1.28. The summed E-state index contributed by atoms with van der Waals surface area (Å²) in [6, 6.07) is 5.55. The highest BCUT2D eigenvalue weighted by Crippen LogP contribution is 2.29. The number of benzene rings is 1. The van der Waals surface area contributed by atoms with E-state index < -0.39 is 0 Å². The van der Waals surface area contributed by atoms with Gasteiger partial charge in [-0.25, -0.2) is 4.85 Å². The average Bonchev–Trinajstić information content (AvgIpc) is 2.54. The first-order chi connectivity index (χ1) is 5.83. The quantitative estimate of drug-likeness (QED) is 0.536. The SMILES string of the molecule is [C-]#[N+]c1ccc(C)c2occc12. The van der Waals surface area contributed by atoms with Gasteiger partial charge in [0, 0.05) is 5.39 Å². The van der Waals surface area contributed by atoms with E-state index in [2.05, 4.69) is 4.85 Å². The van der Waals surface area contributed by atoms with Crippen LogP contribution >= 0.6 is 0 Å². The van der Waals surface area contributed by atoms with Gasteiger partial charge in [0.1, 0.15) is 5.58 Å². The molecule has 2 rings (SSSR count). The maximum absolute atomic E-state index is 6.92. The van der Waals surface area contributed by atoms with Crippen molar-refractivity contribution in [2.75, 3.05) is 0 Å². The Hall–Kier alpha value is -1.75. The van der Waals surface area contributed by atoms with Crippen molar-refractivity contribution in [2.45, 2.75) is 6.92 Å². The van der Waals surface area contributed by atoms with Crippen molar-refractivity contribution in [3.8, 4) is 0 Å². The summed E-state index contributed by atoms with van der Waals surface area (Å²) in [6.07, 6.45) is 1.62. The van der Waals surface area contributed by atoms with E-state index in [1.54, 1.807) is 6.26 Å². The highest BCUT2D eigenvalue weighted by Gasteiger charge is 2.04. The molecule has 2 nitrogen and oxygen atoms in total. The Kier molecular flexibility index (Phi) is 1.38. The maximum Gasteiger partial charge on any atom is 0.198 e. The second kappa shape index (κ2) is 2.38. The van der Waals surface area contributed by atoms with Crippen LogP contribution in [0.1, 0.15) is 5.56 Å². The third-order valence-corrected chi connectivity index (χ3v) is 1.91. The molecule has 2 aromatic rings. The van der Waals surface area contributed by atoms with Crippen LogP contribution in [0, 0.1) is 13.5 Å². The molecular weight excluding hydrogens is 150 g/mol. The molecule has 0 amide bonds. The van der Waals surface area contributed by atoms with Crippen LogP contribution in [0.5, 0.6) is 0 Å². The van der Waals surface area contributed by atoms with Gasteiger partial charge in [0.15, 0.2) is 5.69 Å². The van der Waals surface area contributed by atoms with E-state index in [4.69, 9.17) is 11.0 Å². The highest BCUT2D eigenvalue weighted by molar-refractivity contribution is 5.92. The van der Waals surface area contributed by atoms with E-state index in [0.717, 1.165) is 16.5 Å². The Balaban J connectivity index is 2.94. The number of nitrogens with zero attached hydrogens (tertiary/aromatic N) is 1. The van der Waals surface area contributed by atoms with Gasteiger partial charge in [-0.2, -0.15) is 0 Å². The second-order valence-electron chi connectivity index (χ2n) is 2.68. The minimum absolute atomic E-state index is 0.657. The van der Waals surface area contributed by atoms with E-state index >= 15 is 0 Å². The van der Waals surface area contributed by atoms with Gasteiger partial charge in [-0.3, -0.25) is 0 Å². The number of hydrogen-bond acceptors (Lipinski definition) is 1. The lowest BCUT2D eigenvalue weighted by atomic mass is 10.1. The van der Waals surface area contributed by atoms with E-state index in [0.29, 0.717) is 5.69 Å². The zero-order chi connectivity index (χ0) is 8.55. The third-order valence-electron chi connectivity index (χ3n) is 1.91. The van der Waals surface area contributed by atoms with E-state index in [-0.39, 0.29) is 0 Å². The minimum atomic E-state index is 0.657. The van der Waals surface area contributed by atoms with Crippen LogP contribution in [0.4, 0.5) is 5.69 Å². The van der Waals surface area contributed by atoms with Crippen molar-refractivity contribution in [3.05, 3.63) is 41.4 Å². The average molecular weight is 157 g/mol. The van der Waals surface area contributed by atoms with Gasteiger partial charge in [-0.05, 0) is 18.6 Å². The molecule has 0 atom stereocenters. The molecular formula is C10H7NO. The fourth-order valence-corrected chi connectivity index (χ4v) is 1.28. The Bertz CT molecular complexity index is 462. The van der Waals surface area contributed by atoms with E-state index in [1.165, 1.54) is 0 Å². The number of rotatable bonds is 0. The molecule has 1 aromatic heterocycles. The van der Waals surface area contributed by atoms with Crippen molar-refractivity contribution in [1.29, 1.82) is 0 Å². The first-order valence-electron chi connectivity index (χ1n) is 3.67. The molecule has 12 heavy (non-hydrogen) atoms. The van der Waals surface area contributed by atoms with Gasteiger partial charge in [-0.1, -0.05) is 12.1 Å². The topological polar surface area (TPSA) is 17.5 Å². The molecule has 0 spiro atoms. The Morgan fingerprint density at radius 1 is 1.33 bits per heavy atom. The van der Waals surface area contributed by atoms with Crippen molar-refractivity contribution in [2.24, 2.45) is 0 Å². The molecule has 2 heteroatoms. The number of hydrogen-bond donors (Lipinski definition) is 0. The predicted molar refractivity (Wildman–Crippen MR) is 47.2 cm³/mol. The predicted octanol–water partition coefficient (Wildman–Crippen LogP) is 3.29. The maximum atomic E-state index is 6.92. The largest absolute Gasteiger partial charge is 0.465 e. The molecule has 0 saturated heterocycles. The summed E-state index contributed by atoms with van der Waals surface area (Å²) in [7, 11) is 0. The molecule has 0 aliphatic carbocycles. The van der Waals surface area contributed by atoms with E-state index in [9.17, 15) is 0 Å². The molecule has 0 unspecified atom stereocenters. The fraction of sp³-hybridized carbons (Fsp3) is 0.100. The lowest BCUT2D eigenvalue weighted by Crippen LogP contribution is -1.71. The molecule has 0 fully saturated rings. The van der Waals surface area contributed by atoms with Gasteiger partial charge >= 0.3 is 0 Å². The van der Waals surface area contributed by atoms with Crippen molar-refractivity contribution < 1.29 is 4.42 Å². The minimum Gasteiger partial charge on any atom is -0.465 e. The van der Waals surface area contributed by atoms with Gasteiger partial charge in [-0.15, -0.1) is 0 Å². The van der Waals surface area contributed by atoms with Crippen LogP contribution in [0.25, 0.3) is 15.8 Å². The van der Waals surface area contributed by atoms with Gasteiger partial charge in [0.05, 0.1) is 12.8 Å². The van der Waals surface area contributed by atoms with Crippen molar-refractivity contribution in [1.82, 2.24) is 0 Å². The van der Waals surface area contributed by atoms with Gasteiger partial charge in [0.25, 0.3) is 0 Å². The molecule has 1 heterocycles. The van der Waals surface area contributed by atoms with Crippen LogP contribution in [0.15, 0.2) is 28.9 Å². The molecule has 0 bridgehead atoms. The Labute approximate surface area is 70.2 Å². The van der Waals surface area contributed by atoms with Crippen LogP contribution in [0.2, 0.25) is 0 Å². The van der Waals surface area contributed by atoms with Gasteiger partial charge < -0.3 is 4.42 Å². The monoisotopic (exact) mass is 157 g/mol. The molecule has 1 aromatic carbocycles. The van der Waals surface area contributed by atoms with Gasteiger partial charge in [0.2, 0.25) is 0 Å². The van der Waals surface area contributed by atoms with Crippen LogP contribution in [-0.4, -0.2) is 0 Å². The number of furan rings is 1. The first kappa shape index (κ1) is 6.93. The summed E-state index contributed by atoms with van der Waals surface area (Å²) in [4.78, 5) is 3.40. The summed E-state index contributed by atoms with van der Waals surface area (Å²) in [6.45, 7) is 8.89. The van der Waals surface area contributed by atoms with Crippen molar-refractivity contribution in [3.63, 3.8) is 0 Å². The number of fused-ring (bicyclic) bond motifs is 1. The zero-order valence-electron chi connectivity index (χ0n) is 6.66. The molecule has 58 valence electrons. The molecule has 0 saturated carbocycles. The summed E-state index contributed by atoms with van der Waals surface area (Å²) in [5.41, 5.74) is 2.55. The van der Waals surface area contributed by atoms with E-state index in [1.807, 2.05) is 25.1 Å². The molecule has 0 aliphatic rings. The van der Waals surface area contributed by atoms with Crippen LogP contribution < -0.4 is 0 Å². The number of aryl methyl sites for hydroxylation is 1. The molecule has 0 radical (unpaired) electrons. The molecule has 0 aliphatic heterocycles. The normalized spacial score (nSPS) is 10.0.